The molecule has 0 bridgehead atoms. The van der Waals surface area contributed by atoms with Crippen molar-refractivity contribution in [3.8, 4) is 0 Å². The van der Waals surface area contributed by atoms with Gasteiger partial charge in [0.05, 0.1) is 6.42 Å². The molecule has 0 radical (unpaired) electrons. The first kappa shape index (κ1) is 17.5. The Morgan fingerprint density at radius 2 is 2.20 bits per heavy atom. The molecule has 1 aliphatic heterocycles. The second kappa shape index (κ2) is 8.21. The molecule has 1 amide bonds. The minimum absolute atomic E-state index is 0.0109. The van der Waals surface area contributed by atoms with Crippen molar-refractivity contribution in [2.45, 2.75) is 37.8 Å². The summed E-state index contributed by atoms with van der Waals surface area (Å²) in [5.74, 6) is -0.227. The normalized spacial score (nSPS) is 21.0. The van der Waals surface area contributed by atoms with Gasteiger partial charge in [-0.3, -0.25) is 9.78 Å². The van der Waals surface area contributed by atoms with Crippen molar-refractivity contribution in [1.82, 2.24) is 15.2 Å². The molecule has 2 atom stereocenters. The smallest absolute Gasteiger partial charge is 0.226 e. The highest BCUT2D eigenvalue weighted by atomic mass is 19.1. The maximum Gasteiger partial charge on any atom is 0.226 e. The van der Waals surface area contributed by atoms with Crippen molar-refractivity contribution in [2.75, 3.05) is 13.6 Å². The number of halogens is 1. The van der Waals surface area contributed by atoms with Crippen molar-refractivity contribution < 1.29 is 9.18 Å². The van der Waals surface area contributed by atoms with E-state index in [1.807, 2.05) is 24.3 Å². The van der Waals surface area contributed by atoms with E-state index in [2.05, 4.69) is 22.2 Å². The summed E-state index contributed by atoms with van der Waals surface area (Å²) >= 11 is 0. The van der Waals surface area contributed by atoms with Crippen molar-refractivity contribution in [1.29, 1.82) is 0 Å². The van der Waals surface area contributed by atoms with Crippen molar-refractivity contribution in [3.63, 3.8) is 0 Å². The Labute approximate surface area is 148 Å². The second-order valence-electron chi connectivity index (χ2n) is 6.70. The van der Waals surface area contributed by atoms with Crippen LogP contribution < -0.4 is 5.32 Å². The van der Waals surface area contributed by atoms with E-state index in [4.69, 9.17) is 0 Å². The van der Waals surface area contributed by atoms with E-state index >= 15 is 0 Å². The molecule has 1 aromatic carbocycles. The zero-order valence-corrected chi connectivity index (χ0v) is 14.5. The highest BCUT2D eigenvalue weighted by Crippen LogP contribution is 2.20. The fourth-order valence-corrected chi connectivity index (χ4v) is 3.52. The van der Waals surface area contributed by atoms with Gasteiger partial charge in [-0.1, -0.05) is 18.2 Å². The van der Waals surface area contributed by atoms with Crippen molar-refractivity contribution in [2.24, 2.45) is 0 Å². The molecule has 1 fully saturated rings. The van der Waals surface area contributed by atoms with Gasteiger partial charge in [0, 0.05) is 24.0 Å². The SMILES string of the molecule is CN1CCC[C@H](NC(=O)Cc2ccccn2)[C@@H]1Cc1cccc(F)c1. The van der Waals surface area contributed by atoms with E-state index in [1.165, 1.54) is 6.07 Å². The molecule has 1 aliphatic rings. The predicted molar refractivity (Wildman–Crippen MR) is 95.6 cm³/mol. The summed E-state index contributed by atoms with van der Waals surface area (Å²) in [5.41, 5.74) is 1.73. The Morgan fingerprint density at radius 3 is 2.96 bits per heavy atom. The van der Waals surface area contributed by atoms with Crippen LogP contribution in [0.3, 0.4) is 0 Å². The van der Waals surface area contributed by atoms with Crippen LogP contribution in [0.4, 0.5) is 4.39 Å². The lowest BCUT2D eigenvalue weighted by Crippen LogP contribution is -2.55. The number of nitrogens with one attached hydrogen (secondary N) is 1. The number of likely N-dealkylation sites (tertiary alicyclic amines) is 1. The van der Waals surface area contributed by atoms with Crippen LogP contribution in [-0.4, -0.2) is 41.5 Å². The Balaban J connectivity index is 1.66. The van der Waals surface area contributed by atoms with Gasteiger partial charge in [-0.15, -0.1) is 0 Å². The first-order chi connectivity index (χ1) is 12.1. The summed E-state index contributed by atoms with van der Waals surface area (Å²) in [7, 11) is 2.07. The number of rotatable bonds is 5. The monoisotopic (exact) mass is 341 g/mol. The maximum absolute atomic E-state index is 13.5. The number of pyridine rings is 1. The van der Waals surface area contributed by atoms with Gasteiger partial charge in [0.15, 0.2) is 0 Å². The summed E-state index contributed by atoms with van der Waals surface area (Å²) in [4.78, 5) is 18.9. The topological polar surface area (TPSA) is 45.2 Å². The molecular formula is C20H24FN3O. The number of benzene rings is 1. The van der Waals surface area contributed by atoms with E-state index < -0.39 is 0 Å². The Bertz CT molecular complexity index is 707. The van der Waals surface area contributed by atoms with Gasteiger partial charge in [0.1, 0.15) is 5.82 Å². The summed E-state index contributed by atoms with van der Waals surface area (Å²) in [6, 6.07) is 12.5. The molecular weight excluding hydrogens is 317 g/mol. The van der Waals surface area contributed by atoms with Crippen LogP contribution in [0.5, 0.6) is 0 Å². The number of hydrogen-bond donors (Lipinski definition) is 1. The molecule has 3 rings (SSSR count). The summed E-state index contributed by atoms with van der Waals surface area (Å²) in [6.07, 6.45) is 4.70. The first-order valence-corrected chi connectivity index (χ1v) is 8.76. The minimum atomic E-state index is -0.216. The number of amides is 1. The Hall–Kier alpha value is -2.27. The Morgan fingerprint density at radius 1 is 1.32 bits per heavy atom. The van der Waals surface area contributed by atoms with Gasteiger partial charge in [0.25, 0.3) is 0 Å². The summed E-state index contributed by atoms with van der Waals surface area (Å²) < 4.78 is 13.5. The zero-order chi connectivity index (χ0) is 17.6. The molecule has 25 heavy (non-hydrogen) atoms. The van der Waals surface area contributed by atoms with Crippen LogP contribution in [0, 0.1) is 5.82 Å². The molecule has 5 heteroatoms. The van der Waals surface area contributed by atoms with Gasteiger partial charge in [0.2, 0.25) is 5.91 Å². The fraction of sp³-hybridized carbons (Fsp3) is 0.400. The molecule has 0 spiro atoms. The third-order valence-electron chi connectivity index (χ3n) is 4.80. The number of nitrogens with zero attached hydrogens (tertiary/aromatic N) is 2. The maximum atomic E-state index is 13.5. The number of carbonyl (C=O) groups is 1. The average molecular weight is 341 g/mol. The van der Waals surface area contributed by atoms with Gasteiger partial charge >= 0.3 is 0 Å². The number of piperidine rings is 1. The number of hydrogen-bond acceptors (Lipinski definition) is 3. The number of aromatic nitrogens is 1. The van der Waals surface area contributed by atoms with E-state index in [0.717, 1.165) is 37.1 Å². The van der Waals surface area contributed by atoms with Crippen LogP contribution in [0.15, 0.2) is 48.7 Å². The Kier molecular flexibility index (Phi) is 5.76. The van der Waals surface area contributed by atoms with Crippen LogP contribution >= 0.6 is 0 Å². The van der Waals surface area contributed by atoms with Crippen LogP contribution in [0.2, 0.25) is 0 Å². The predicted octanol–water partition coefficient (Wildman–Crippen LogP) is 2.58. The second-order valence-corrected chi connectivity index (χ2v) is 6.70. The van der Waals surface area contributed by atoms with Crippen molar-refractivity contribution >= 4 is 5.91 Å². The summed E-state index contributed by atoms with van der Waals surface area (Å²) in [5, 5.41) is 3.17. The molecule has 2 heterocycles. The molecule has 1 saturated heterocycles. The molecule has 0 saturated carbocycles. The van der Waals surface area contributed by atoms with Gasteiger partial charge in [-0.25, -0.2) is 4.39 Å². The van der Waals surface area contributed by atoms with Gasteiger partial charge < -0.3 is 10.2 Å². The van der Waals surface area contributed by atoms with E-state index in [0.29, 0.717) is 0 Å². The lowest BCUT2D eigenvalue weighted by Gasteiger charge is -2.39. The van der Waals surface area contributed by atoms with Crippen LogP contribution in [-0.2, 0) is 17.6 Å². The minimum Gasteiger partial charge on any atom is -0.351 e. The molecule has 2 aromatic rings. The van der Waals surface area contributed by atoms with E-state index in [1.54, 1.807) is 18.3 Å². The third kappa shape index (κ3) is 4.86. The molecule has 1 aromatic heterocycles. The largest absolute Gasteiger partial charge is 0.351 e. The van der Waals surface area contributed by atoms with Gasteiger partial charge in [-0.2, -0.15) is 0 Å². The standard InChI is InChI=1S/C20H24FN3O/c1-24-11-5-9-18(19(24)13-15-6-4-7-16(21)12-15)23-20(25)14-17-8-2-3-10-22-17/h2-4,6-8,10,12,18-19H,5,9,11,13-14H2,1H3,(H,23,25)/t18-,19-/m0/s1. The molecule has 0 unspecified atom stereocenters. The number of likely N-dealkylation sites (N-methyl/N-ethyl adjacent to an activating group) is 1. The quantitative estimate of drug-likeness (QED) is 0.909. The molecule has 0 aliphatic carbocycles. The van der Waals surface area contributed by atoms with Crippen LogP contribution in [0.1, 0.15) is 24.1 Å². The zero-order valence-electron chi connectivity index (χ0n) is 14.5. The first-order valence-electron chi connectivity index (χ1n) is 8.76. The number of carbonyl (C=O) groups excluding carboxylic acids is 1. The van der Waals surface area contributed by atoms with E-state index in [-0.39, 0.29) is 30.2 Å². The lowest BCUT2D eigenvalue weighted by molar-refractivity contribution is -0.122. The van der Waals surface area contributed by atoms with Gasteiger partial charge in [-0.05, 0) is 62.7 Å². The average Bonchev–Trinajstić information content (AvgIpc) is 2.59. The third-order valence-corrected chi connectivity index (χ3v) is 4.80. The van der Waals surface area contributed by atoms with Crippen LogP contribution in [0.25, 0.3) is 0 Å². The van der Waals surface area contributed by atoms with Crippen molar-refractivity contribution in [3.05, 3.63) is 65.7 Å². The fourth-order valence-electron chi connectivity index (χ4n) is 3.52. The summed E-state index contributed by atoms with van der Waals surface area (Å²) in [6.45, 7) is 0.993. The molecule has 4 nitrogen and oxygen atoms in total. The molecule has 1 N–H and O–H groups in total. The highest BCUT2D eigenvalue weighted by molar-refractivity contribution is 5.78. The lowest BCUT2D eigenvalue weighted by atomic mass is 9.91. The molecule has 132 valence electrons. The van der Waals surface area contributed by atoms with E-state index in [9.17, 15) is 9.18 Å². The highest BCUT2D eigenvalue weighted by Gasteiger charge is 2.30.